The molecular formula is C23H29N5O4. The Kier molecular flexibility index (Phi) is 7.16. The lowest BCUT2D eigenvalue weighted by Crippen LogP contribution is -2.39. The summed E-state index contributed by atoms with van der Waals surface area (Å²) in [6, 6.07) is 9.44. The molecule has 1 aromatic carbocycles. The van der Waals surface area contributed by atoms with Gasteiger partial charge in [0.05, 0.1) is 19.1 Å². The molecule has 32 heavy (non-hydrogen) atoms. The fourth-order valence-corrected chi connectivity index (χ4v) is 3.91. The van der Waals surface area contributed by atoms with Crippen LogP contribution in [0.15, 0.2) is 42.7 Å². The molecule has 1 atom stereocenters. The second kappa shape index (κ2) is 10.4. The van der Waals surface area contributed by atoms with Gasteiger partial charge in [0.15, 0.2) is 6.10 Å². The van der Waals surface area contributed by atoms with E-state index in [-0.39, 0.29) is 17.8 Å². The first-order valence-corrected chi connectivity index (χ1v) is 11.1. The smallest absolute Gasteiger partial charge is 0.309 e. The molecule has 2 saturated heterocycles. The van der Waals surface area contributed by atoms with Gasteiger partial charge in [-0.05, 0) is 50.1 Å². The van der Waals surface area contributed by atoms with Crippen LogP contribution in [0.3, 0.4) is 0 Å². The molecule has 170 valence electrons. The number of aromatic nitrogens is 2. The third kappa shape index (κ3) is 5.53. The van der Waals surface area contributed by atoms with Crippen LogP contribution in [0.4, 0.5) is 17.3 Å². The number of benzene rings is 1. The number of carbonyl (C=O) groups excluding carboxylic acids is 2. The summed E-state index contributed by atoms with van der Waals surface area (Å²) in [5.74, 6) is -0.221. The van der Waals surface area contributed by atoms with E-state index in [1.54, 1.807) is 25.4 Å². The number of rotatable bonds is 6. The largest absolute Gasteiger partial charge is 0.452 e. The van der Waals surface area contributed by atoms with Crippen molar-refractivity contribution in [2.75, 3.05) is 54.5 Å². The lowest BCUT2D eigenvalue weighted by molar-refractivity contribution is -0.157. The number of amides is 1. The SMILES string of the molecule is CC(OC(=O)C1CCN(c2ncccn2)CC1)C(=O)Nc1ccc(N2CCOCC2)cc1. The average molecular weight is 440 g/mol. The van der Waals surface area contributed by atoms with Crippen molar-refractivity contribution in [3.05, 3.63) is 42.7 Å². The monoisotopic (exact) mass is 439 g/mol. The van der Waals surface area contributed by atoms with Gasteiger partial charge >= 0.3 is 5.97 Å². The summed E-state index contributed by atoms with van der Waals surface area (Å²) in [7, 11) is 0. The molecule has 0 bridgehead atoms. The number of ether oxygens (including phenoxy) is 2. The predicted molar refractivity (Wildman–Crippen MR) is 121 cm³/mol. The zero-order valence-corrected chi connectivity index (χ0v) is 18.3. The zero-order chi connectivity index (χ0) is 22.3. The van der Waals surface area contributed by atoms with Crippen molar-refractivity contribution in [3.8, 4) is 0 Å². The standard InChI is InChI=1S/C23H29N5O4/c1-17(21(29)26-19-3-5-20(6-4-19)27-13-15-31-16-14-27)32-22(30)18-7-11-28(12-8-18)23-24-9-2-10-25-23/h2-6,9-10,17-18H,7-8,11-16H2,1H3,(H,26,29). The van der Waals surface area contributed by atoms with Crippen molar-refractivity contribution in [2.45, 2.75) is 25.9 Å². The van der Waals surface area contributed by atoms with Crippen molar-refractivity contribution in [2.24, 2.45) is 5.92 Å². The van der Waals surface area contributed by atoms with Gasteiger partial charge < -0.3 is 24.6 Å². The molecule has 0 radical (unpaired) electrons. The van der Waals surface area contributed by atoms with E-state index in [4.69, 9.17) is 9.47 Å². The third-order valence-electron chi connectivity index (χ3n) is 5.84. The first kappa shape index (κ1) is 22.0. The number of piperidine rings is 1. The molecule has 2 aliphatic heterocycles. The van der Waals surface area contributed by atoms with Crippen molar-refractivity contribution in [3.63, 3.8) is 0 Å². The van der Waals surface area contributed by atoms with E-state index in [0.717, 1.165) is 32.0 Å². The maximum atomic E-state index is 12.6. The molecule has 9 nitrogen and oxygen atoms in total. The molecule has 4 rings (SSSR count). The Labute approximate surface area is 187 Å². The van der Waals surface area contributed by atoms with Gasteiger partial charge in [0.2, 0.25) is 5.95 Å². The highest BCUT2D eigenvalue weighted by molar-refractivity contribution is 5.95. The summed E-state index contributed by atoms with van der Waals surface area (Å²) >= 11 is 0. The van der Waals surface area contributed by atoms with E-state index in [1.807, 2.05) is 24.3 Å². The Morgan fingerprint density at radius 2 is 1.69 bits per heavy atom. The zero-order valence-electron chi connectivity index (χ0n) is 18.3. The second-order valence-electron chi connectivity index (χ2n) is 8.02. The summed E-state index contributed by atoms with van der Waals surface area (Å²) in [5, 5.41) is 2.82. The molecule has 1 N–H and O–H groups in total. The summed E-state index contributed by atoms with van der Waals surface area (Å²) in [4.78, 5) is 37.9. The van der Waals surface area contributed by atoms with Crippen LogP contribution in [0.2, 0.25) is 0 Å². The first-order chi connectivity index (χ1) is 15.6. The number of morpholine rings is 1. The molecule has 2 fully saturated rings. The number of hydrogen-bond donors (Lipinski definition) is 1. The fourth-order valence-electron chi connectivity index (χ4n) is 3.91. The minimum atomic E-state index is -0.864. The second-order valence-corrected chi connectivity index (χ2v) is 8.02. The van der Waals surface area contributed by atoms with E-state index in [2.05, 4.69) is 25.1 Å². The van der Waals surface area contributed by atoms with Gasteiger partial charge in [-0.1, -0.05) is 0 Å². The summed E-state index contributed by atoms with van der Waals surface area (Å²) in [6.45, 7) is 6.12. The Bertz CT molecular complexity index is 894. The van der Waals surface area contributed by atoms with Gasteiger partial charge in [0, 0.05) is 49.9 Å². The minimum absolute atomic E-state index is 0.224. The fraction of sp³-hybridized carbons (Fsp3) is 0.478. The Morgan fingerprint density at radius 3 is 2.34 bits per heavy atom. The highest BCUT2D eigenvalue weighted by atomic mass is 16.5. The van der Waals surface area contributed by atoms with Crippen LogP contribution in [0.25, 0.3) is 0 Å². The van der Waals surface area contributed by atoms with Gasteiger partial charge in [-0.15, -0.1) is 0 Å². The molecule has 0 spiro atoms. The molecule has 1 unspecified atom stereocenters. The summed E-state index contributed by atoms with van der Waals surface area (Å²) in [6.07, 6.45) is 3.85. The Morgan fingerprint density at radius 1 is 1.03 bits per heavy atom. The first-order valence-electron chi connectivity index (χ1n) is 11.1. The van der Waals surface area contributed by atoms with E-state index < -0.39 is 6.10 Å². The van der Waals surface area contributed by atoms with Crippen molar-refractivity contribution >= 4 is 29.2 Å². The van der Waals surface area contributed by atoms with Crippen molar-refractivity contribution in [1.82, 2.24) is 9.97 Å². The number of carbonyl (C=O) groups is 2. The van der Waals surface area contributed by atoms with Crippen LogP contribution in [0, 0.1) is 5.92 Å². The quantitative estimate of drug-likeness (QED) is 0.684. The normalized spacial score (nSPS) is 18.2. The van der Waals surface area contributed by atoms with Crippen LogP contribution in [-0.2, 0) is 19.1 Å². The van der Waals surface area contributed by atoms with Gasteiger partial charge in [-0.2, -0.15) is 0 Å². The summed E-state index contributed by atoms with van der Waals surface area (Å²) in [5.41, 5.74) is 1.77. The molecule has 9 heteroatoms. The molecule has 1 amide bonds. The lowest BCUT2D eigenvalue weighted by atomic mass is 9.97. The van der Waals surface area contributed by atoms with Crippen molar-refractivity contribution in [1.29, 1.82) is 0 Å². The van der Waals surface area contributed by atoms with Crippen LogP contribution in [-0.4, -0.2) is 67.3 Å². The van der Waals surface area contributed by atoms with Crippen LogP contribution < -0.4 is 15.1 Å². The highest BCUT2D eigenvalue weighted by Gasteiger charge is 2.29. The number of nitrogens with zero attached hydrogens (tertiary/aromatic N) is 4. The van der Waals surface area contributed by atoms with E-state index in [0.29, 0.717) is 37.6 Å². The minimum Gasteiger partial charge on any atom is -0.452 e. The van der Waals surface area contributed by atoms with E-state index in [9.17, 15) is 9.59 Å². The lowest BCUT2D eigenvalue weighted by Gasteiger charge is -2.31. The molecule has 2 aromatic rings. The molecule has 1 aromatic heterocycles. The number of esters is 1. The van der Waals surface area contributed by atoms with Gasteiger partial charge in [-0.3, -0.25) is 9.59 Å². The molecule has 2 aliphatic rings. The molecule has 0 saturated carbocycles. The van der Waals surface area contributed by atoms with Crippen molar-refractivity contribution < 1.29 is 19.1 Å². The number of nitrogens with one attached hydrogen (secondary N) is 1. The van der Waals surface area contributed by atoms with Crippen LogP contribution in [0.5, 0.6) is 0 Å². The van der Waals surface area contributed by atoms with Gasteiger partial charge in [0.1, 0.15) is 0 Å². The summed E-state index contributed by atoms with van der Waals surface area (Å²) < 4.78 is 10.8. The predicted octanol–water partition coefficient (Wildman–Crippen LogP) is 2.10. The Balaban J connectivity index is 1.23. The van der Waals surface area contributed by atoms with E-state index in [1.165, 1.54) is 0 Å². The van der Waals surface area contributed by atoms with Crippen LogP contribution in [0.1, 0.15) is 19.8 Å². The van der Waals surface area contributed by atoms with Gasteiger partial charge in [-0.25, -0.2) is 9.97 Å². The number of anilines is 3. The topological polar surface area (TPSA) is 96.9 Å². The molecule has 0 aliphatic carbocycles. The van der Waals surface area contributed by atoms with Crippen LogP contribution >= 0.6 is 0 Å². The maximum Gasteiger partial charge on any atom is 0.309 e. The molecular weight excluding hydrogens is 410 g/mol. The van der Waals surface area contributed by atoms with E-state index >= 15 is 0 Å². The van der Waals surface area contributed by atoms with Gasteiger partial charge in [0.25, 0.3) is 5.91 Å². The number of hydrogen-bond acceptors (Lipinski definition) is 8. The average Bonchev–Trinajstić information content (AvgIpc) is 2.85. The Hall–Kier alpha value is -3.20. The molecule has 3 heterocycles. The highest BCUT2D eigenvalue weighted by Crippen LogP contribution is 2.23. The maximum absolute atomic E-state index is 12.6. The third-order valence-corrected chi connectivity index (χ3v) is 5.84.